The quantitative estimate of drug-likeness (QED) is 0.461. The zero-order chi connectivity index (χ0) is 12.0. The smallest absolute Gasteiger partial charge is 0.336 e. The largest absolute Gasteiger partial charge is 0.466 e. The minimum atomic E-state index is -0.660. The zero-order valence-electron chi connectivity index (χ0n) is 8.48. The predicted molar refractivity (Wildman–Crippen MR) is 58.2 cm³/mol. The van der Waals surface area contributed by atoms with Crippen molar-refractivity contribution >= 4 is 23.5 Å². The van der Waals surface area contributed by atoms with Gasteiger partial charge in [0.25, 0.3) is 0 Å². The van der Waals surface area contributed by atoms with Crippen LogP contribution in [0.25, 0.3) is 0 Å². The summed E-state index contributed by atoms with van der Waals surface area (Å²) >= 11 is 5.65. The van der Waals surface area contributed by atoms with Crippen LogP contribution in [0.1, 0.15) is 0 Å². The Kier molecular flexibility index (Phi) is 4.54. The lowest BCUT2D eigenvalue weighted by Gasteiger charge is -2.00. The van der Waals surface area contributed by atoms with Crippen molar-refractivity contribution in [3.05, 3.63) is 41.4 Å². The summed E-state index contributed by atoms with van der Waals surface area (Å²) in [7, 11) is 1.22. The summed E-state index contributed by atoms with van der Waals surface area (Å²) in [6, 6.07) is 6.28. The van der Waals surface area contributed by atoms with Crippen molar-refractivity contribution in [2.45, 2.75) is 0 Å². The van der Waals surface area contributed by atoms with Crippen LogP contribution in [0.3, 0.4) is 0 Å². The van der Waals surface area contributed by atoms with Gasteiger partial charge in [0.2, 0.25) is 0 Å². The van der Waals surface area contributed by atoms with Gasteiger partial charge in [0.1, 0.15) is 5.75 Å². The number of esters is 2. The first kappa shape index (κ1) is 12.3. The van der Waals surface area contributed by atoms with Crippen LogP contribution in [0.15, 0.2) is 36.4 Å². The lowest BCUT2D eigenvalue weighted by Crippen LogP contribution is -2.05. The molecule has 0 unspecified atom stereocenters. The molecule has 0 saturated carbocycles. The van der Waals surface area contributed by atoms with Gasteiger partial charge in [-0.25, -0.2) is 9.59 Å². The fourth-order valence-corrected chi connectivity index (χ4v) is 0.983. The Hall–Kier alpha value is -1.81. The maximum Gasteiger partial charge on any atom is 0.336 e. The molecule has 0 aliphatic rings. The van der Waals surface area contributed by atoms with Gasteiger partial charge < -0.3 is 9.47 Å². The number of halogens is 1. The van der Waals surface area contributed by atoms with Crippen LogP contribution in [0.2, 0.25) is 5.02 Å². The summed E-state index contributed by atoms with van der Waals surface area (Å²) < 4.78 is 9.19. The average Bonchev–Trinajstić information content (AvgIpc) is 2.29. The van der Waals surface area contributed by atoms with Gasteiger partial charge in [0.15, 0.2) is 0 Å². The second kappa shape index (κ2) is 5.92. The lowest BCUT2D eigenvalue weighted by atomic mass is 10.3. The molecule has 0 bridgehead atoms. The van der Waals surface area contributed by atoms with E-state index in [2.05, 4.69) is 4.74 Å². The Morgan fingerprint density at radius 1 is 1.12 bits per heavy atom. The molecule has 5 heteroatoms. The molecule has 4 nitrogen and oxygen atoms in total. The lowest BCUT2D eigenvalue weighted by molar-refractivity contribution is -0.135. The molecule has 0 aromatic heterocycles. The van der Waals surface area contributed by atoms with Crippen molar-refractivity contribution in [1.82, 2.24) is 0 Å². The molecule has 0 atom stereocenters. The van der Waals surface area contributed by atoms with Crippen molar-refractivity contribution in [3.8, 4) is 5.75 Å². The summed E-state index contributed by atoms with van der Waals surface area (Å²) in [5, 5.41) is 0.546. The van der Waals surface area contributed by atoms with Gasteiger partial charge in [-0.05, 0) is 24.3 Å². The molecule has 1 rings (SSSR count). The summed E-state index contributed by atoms with van der Waals surface area (Å²) in [5.41, 5.74) is 0. The number of benzene rings is 1. The van der Waals surface area contributed by atoms with Crippen LogP contribution in [0, 0.1) is 0 Å². The van der Waals surface area contributed by atoms with Gasteiger partial charge in [-0.3, -0.25) is 0 Å². The Balaban J connectivity index is 2.55. The van der Waals surface area contributed by atoms with E-state index in [0.29, 0.717) is 10.8 Å². The Morgan fingerprint density at radius 3 is 2.25 bits per heavy atom. The van der Waals surface area contributed by atoms with Crippen molar-refractivity contribution < 1.29 is 19.1 Å². The van der Waals surface area contributed by atoms with Crippen LogP contribution in [0.5, 0.6) is 5.75 Å². The molecule has 0 fully saturated rings. The monoisotopic (exact) mass is 240 g/mol. The number of carbonyl (C=O) groups is 2. The maximum atomic E-state index is 11.2. The third kappa shape index (κ3) is 4.14. The number of hydrogen-bond acceptors (Lipinski definition) is 4. The molecule has 0 saturated heterocycles. The fourth-order valence-electron chi connectivity index (χ4n) is 0.857. The molecular weight excluding hydrogens is 232 g/mol. The topological polar surface area (TPSA) is 52.6 Å². The first-order chi connectivity index (χ1) is 7.61. The van der Waals surface area contributed by atoms with Gasteiger partial charge in [0, 0.05) is 17.2 Å². The van der Waals surface area contributed by atoms with Crippen LogP contribution in [0.4, 0.5) is 0 Å². The Bertz CT molecular complexity index is 408. The third-order valence-electron chi connectivity index (χ3n) is 1.59. The van der Waals surface area contributed by atoms with Crippen LogP contribution >= 0.6 is 11.6 Å². The molecule has 0 heterocycles. The number of hydrogen-bond donors (Lipinski definition) is 0. The third-order valence-corrected chi connectivity index (χ3v) is 1.84. The van der Waals surface area contributed by atoms with Crippen LogP contribution < -0.4 is 4.74 Å². The molecule has 16 heavy (non-hydrogen) atoms. The summed E-state index contributed by atoms with van der Waals surface area (Å²) in [4.78, 5) is 21.8. The second-order valence-corrected chi connectivity index (χ2v) is 3.17. The van der Waals surface area contributed by atoms with Gasteiger partial charge >= 0.3 is 11.9 Å². The van der Waals surface area contributed by atoms with Gasteiger partial charge in [-0.1, -0.05) is 11.6 Å². The van der Waals surface area contributed by atoms with E-state index in [4.69, 9.17) is 16.3 Å². The van der Waals surface area contributed by atoms with Crippen molar-refractivity contribution in [1.29, 1.82) is 0 Å². The van der Waals surface area contributed by atoms with E-state index in [1.165, 1.54) is 7.11 Å². The van der Waals surface area contributed by atoms with E-state index < -0.39 is 11.9 Å². The number of carbonyl (C=O) groups excluding carboxylic acids is 2. The molecule has 1 aromatic carbocycles. The summed E-state index contributed by atoms with van der Waals surface area (Å²) in [6.45, 7) is 0. The minimum Gasteiger partial charge on any atom is -0.466 e. The summed E-state index contributed by atoms with van der Waals surface area (Å²) in [6.07, 6.45) is 1.97. The van der Waals surface area contributed by atoms with Gasteiger partial charge in [-0.2, -0.15) is 0 Å². The van der Waals surface area contributed by atoms with Gasteiger partial charge in [0.05, 0.1) is 7.11 Å². The molecule has 0 aliphatic carbocycles. The molecule has 0 amide bonds. The average molecular weight is 241 g/mol. The standard InChI is InChI=1S/C11H9ClO4/c1-15-10(13)6-7-11(14)16-9-4-2-8(12)3-5-9/h2-7H,1H3/b7-6-. The predicted octanol–water partition coefficient (Wildman–Crippen LogP) is 1.97. The van der Waals surface area contributed by atoms with Crippen molar-refractivity contribution in [2.75, 3.05) is 7.11 Å². The number of methoxy groups -OCH3 is 1. The fraction of sp³-hybridized carbons (Fsp3) is 0.0909. The van der Waals surface area contributed by atoms with Gasteiger partial charge in [-0.15, -0.1) is 0 Å². The van der Waals surface area contributed by atoms with E-state index in [1.54, 1.807) is 24.3 Å². The molecule has 84 valence electrons. The number of rotatable bonds is 3. The first-order valence-corrected chi connectivity index (χ1v) is 4.73. The SMILES string of the molecule is COC(=O)/C=C\C(=O)Oc1ccc(Cl)cc1. The van der Waals surface area contributed by atoms with Crippen LogP contribution in [-0.4, -0.2) is 19.0 Å². The Labute approximate surface area is 97.4 Å². The summed E-state index contributed by atoms with van der Waals surface area (Å²) in [5.74, 6) is -0.926. The molecule has 1 aromatic rings. The van der Waals surface area contributed by atoms with Crippen molar-refractivity contribution in [2.24, 2.45) is 0 Å². The van der Waals surface area contributed by atoms with Crippen LogP contribution in [-0.2, 0) is 14.3 Å². The van der Waals surface area contributed by atoms with E-state index in [9.17, 15) is 9.59 Å². The number of ether oxygens (including phenoxy) is 2. The Morgan fingerprint density at radius 2 is 1.69 bits per heavy atom. The second-order valence-electron chi connectivity index (χ2n) is 2.73. The highest BCUT2D eigenvalue weighted by Crippen LogP contribution is 2.15. The molecular formula is C11H9ClO4. The van der Waals surface area contributed by atoms with E-state index in [0.717, 1.165) is 12.2 Å². The van der Waals surface area contributed by atoms with E-state index in [1.807, 2.05) is 0 Å². The highest BCUT2D eigenvalue weighted by atomic mass is 35.5. The zero-order valence-corrected chi connectivity index (χ0v) is 9.23. The van der Waals surface area contributed by atoms with E-state index >= 15 is 0 Å². The minimum absolute atomic E-state index is 0.351. The van der Waals surface area contributed by atoms with Crippen molar-refractivity contribution in [3.63, 3.8) is 0 Å². The maximum absolute atomic E-state index is 11.2. The molecule has 0 aliphatic heterocycles. The highest BCUT2D eigenvalue weighted by molar-refractivity contribution is 6.30. The first-order valence-electron chi connectivity index (χ1n) is 4.35. The normalized spacial score (nSPS) is 10.1. The molecule has 0 N–H and O–H groups in total. The molecule has 0 radical (unpaired) electrons. The highest BCUT2D eigenvalue weighted by Gasteiger charge is 2.01. The van der Waals surface area contributed by atoms with E-state index in [-0.39, 0.29) is 0 Å². The molecule has 0 spiro atoms.